The summed E-state index contributed by atoms with van der Waals surface area (Å²) in [6, 6.07) is 2.49. The Morgan fingerprint density at radius 2 is 2.30 bits per heavy atom. The summed E-state index contributed by atoms with van der Waals surface area (Å²) < 4.78 is 7.16. The summed E-state index contributed by atoms with van der Waals surface area (Å²) in [6.07, 6.45) is 5.98. The minimum Gasteiger partial charge on any atom is -0.456 e. The number of rotatable bonds is 5. The Morgan fingerprint density at radius 3 is 2.90 bits per heavy atom. The zero-order valence-electron chi connectivity index (χ0n) is 11.5. The topological polar surface area (TPSA) is 77.1 Å². The molecule has 2 rings (SSSR count). The van der Waals surface area contributed by atoms with Gasteiger partial charge in [-0.25, -0.2) is 4.98 Å². The molecule has 0 radical (unpaired) electrons. The zero-order valence-corrected chi connectivity index (χ0v) is 11.5. The lowest BCUT2D eigenvalue weighted by molar-refractivity contribution is 0.0899. The van der Waals surface area contributed by atoms with Crippen molar-refractivity contribution >= 4 is 5.91 Å². The van der Waals surface area contributed by atoms with Crippen molar-refractivity contribution in [3.8, 4) is 0 Å². The maximum Gasteiger partial charge on any atom is 0.287 e. The van der Waals surface area contributed by atoms with Gasteiger partial charge in [-0.2, -0.15) is 0 Å². The molecule has 2 aromatic rings. The van der Waals surface area contributed by atoms with Crippen molar-refractivity contribution in [2.45, 2.75) is 32.9 Å². The quantitative estimate of drug-likeness (QED) is 0.893. The average Bonchev–Trinajstić information content (AvgIpc) is 2.89. The fourth-order valence-electron chi connectivity index (χ4n) is 1.90. The van der Waals surface area contributed by atoms with Gasteiger partial charge in [0.2, 0.25) is 0 Å². The van der Waals surface area contributed by atoms with E-state index in [2.05, 4.69) is 10.3 Å². The molecule has 2 heterocycles. The molecular weight excluding hydrogens is 258 g/mol. The predicted octanol–water partition coefficient (Wildman–Crippen LogP) is 1.35. The molecule has 106 valence electrons. The SMILES string of the molecule is CC[C@H](Cn1ccnc1)NC(=O)c1cc(=O)cc(C)o1. The van der Waals surface area contributed by atoms with Crippen LogP contribution in [0.25, 0.3) is 0 Å². The molecule has 0 unspecified atom stereocenters. The van der Waals surface area contributed by atoms with Crippen molar-refractivity contribution < 1.29 is 9.21 Å². The van der Waals surface area contributed by atoms with Gasteiger partial charge in [0.25, 0.3) is 5.91 Å². The Kier molecular flexibility index (Phi) is 4.34. The highest BCUT2D eigenvalue weighted by Crippen LogP contribution is 2.03. The first kappa shape index (κ1) is 14.0. The minimum absolute atomic E-state index is 0.0408. The summed E-state index contributed by atoms with van der Waals surface area (Å²) in [5, 5.41) is 2.86. The van der Waals surface area contributed by atoms with Crippen LogP contribution in [0.3, 0.4) is 0 Å². The van der Waals surface area contributed by atoms with Gasteiger partial charge in [0.1, 0.15) is 5.76 Å². The zero-order chi connectivity index (χ0) is 14.5. The molecular formula is C14H17N3O3. The largest absolute Gasteiger partial charge is 0.456 e. The first-order valence-corrected chi connectivity index (χ1v) is 6.47. The summed E-state index contributed by atoms with van der Waals surface area (Å²) >= 11 is 0. The summed E-state index contributed by atoms with van der Waals surface area (Å²) in [4.78, 5) is 27.4. The molecule has 0 saturated carbocycles. The Bertz CT molecular complexity index is 631. The number of carbonyl (C=O) groups is 1. The highest BCUT2D eigenvalue weighted by atomic mass is 16.3. The second-order valence-corrected chi connectivity index (χ2v) is 4.61. The third-order valence-electron chi connectivity index (χ3n) is 2.93. The monoisotopic (exact) mass is 275 g/mol. The van der Waals surface area contributed by atoms with Crippen LogP contribution in [-0.2, 0) is 6.54 Å². The third kappa shape index (κ3) is 3.57. The maximum atomic E-state index is 12.1. The molecule has 0 aromatic carbocycles. The summed E-state index contributed by atoms with van der Waals surface area (Å²) in [6.45, 7) is 4.24. The van der Waals surface area contributed by atoms with Crippen LogP contribution in [0.4, 0.5) is 0 Å². The van der Waals surface area contributed by atoms with Crippen LogP contribution in [0, 0.1) is 6.92 Å². The molecule has 2 aromatic heterocycles. The van der Waals surface area contributed by atoms with E-state index < -0.39 is 0 Å². The number of amides is 1. The van der Waals surface area contributed by atoms with E-state index in [0.717, 1.165) is 6.42 Å². The molecule has 0 aliphatic rings. The van der Waals surface area contributed by atoms with Crippen LogP contribution in [0.2, 0.25) is 0 Å². The van der Waals surface area contributed by atoms with E-state index in [9.17, 15) is 9.59 Å². The van der Waals surface area contributed by atoms with E-state index in [1.54, 1.807) is 19.4 Å². The van der Waals surface area contributed by atoms with Gasteiger partial charge in [-0.3, -0.25) is 9.59 Å². The van der Waals surface area contributed by atoms with Crippen LogP contribution in [0.15, 0.2) is 40.1 Å². The predicted molar refractivity (Wildman–Crippen MR) is 73.5 cm³/mol. The van der Waals surface area contributed by atoms with E-state index in [4.69, 9.17) is 4.42 Å². The first-order chi connectivity index (χ1) is 9.58. The second-order valence-electron chi connectivity index (χ2n) is 4.61. The van der Waals surface area contributed by atoms with Gasteiger partial charge < -0.3 is 14.3 Å². The molecule has 6 nitrogen and oxygen atoms in total. The number of nitrogens with one attached hydrogen (secondary N) is 1. The summed E-state index contributed by atoms with van der Waals surface area (Å²) in [5.41, 5.74) is -0.235. The van der Waals surface area contributed by atoms with Gasteiger partial charge in [-0.1, -0.05) is 6.92 Å². The number of aryl methyl sites for hydroxylation is 1. The van der Waals surface area contributed by atoms with Crippen molar-refractivity contribution in [2.75, 3.05) is 0 Å². The smallest absolute Gasteiger partial charge is 0.287 e. The average molecular weight is 275 g/mol. The fourth-order valence-corrected chi connectivity index (χ4v) is 1.90. The van der Waals surface area contributed by atoms with E-state index in [1.807, 2.05) is 17.7 Å². The third-order valence-corrected chi connectivity index (χ3v) is 2.93. The molecule has 1 amide bonds. The van der Waals surface area contributed by atoms with Gasteiger partial charge >= 0.3 is 0 Å². The number of hydrogen-bond donors (Lipinski definition) is 1. The molecule has 20 heavy (non-hydrogen) atoms. The lowest BCUT2D eigenvalue weighted by atomic mass is 10.2. The number of aromatic nitrogens is 2. The highest BCUT2D eigenvalue weighted by molar-refractivity contribution is 5.91. The van der Waals surface area contributed by atoms with E-state index in [-0.39, 0.29) is 23.1 Å². The van der Waals surface area contributed by atoms with Gasteiger partial charge in [0.05, 0.1) is 6.33 Å². The lowest BCUT2D eigenvalue weighted by Crippen LogP contribution is -2.37. The van der Waals surface area contributed by atoms with E-state index >= 15 is 0 Å². The van der Waals surface area contributed by atoms with Crippen LogP contribution in [-0.4, -0.2) is 21.5 Å². The van der Waals surface area contributed by atoms with Crippen LogP contribution >= 0.6 is 0 Å². The second kappa shape index (κ2) is 6.18. The minimum atomic E-state index is -0.377. The fraction of sp³-hybridized carbons (Fsp3) is 0.357. The number of nitrogens with zero attached hydrogens (tertiary/aromatic N) is 2. The normalized spacial score (nSPS) is 12.1. The number of carbonyl (C=O) groups excluding carboxylic acids is 1. The van der Waals surface area contributed by atoms with E-state index in [0.29, 0.717) is 12.3 Å². The standard InChI is InChI=1S/C14H17N3O3/c1-3-11(8-17-5-4-15-9-17)16-14(19)13-7-12(18)6-10(2)20-13/h4-7,9,11H,3,8H2,1-2H3,(H,16,19)/t11-/m1/s1. The van der Waals surface area contributed by atoms with Crippen molar-refractivity contribution in [1.82, 2.24) is 14.9 Å². The Balaban J connectivity index is 2.06. The summed E-state index contributed by atoms with van der Waals surface area (Å²) in [5.74, 6) is 0.0853. The van der Waals surface area contributed by atoms with Crippen molar-refractivity contribution in [3.05, 3.63) is 52.6 Å². The van der Waals surface area contributed by atoms with E-state index in [1.165, 1.54) is 12.1 Å². The Labute approximate surface area is 116 Å². The van der Waals surface area contributed by atoms with Crippen molar-refractivity contribution in [3.63, 3.8) is 0 Å². The Morgan fingerprint density at radius 1 is 1.50 bits per heavy atom. The maximum absolute atomic E-state index is 12.1. The molecule has 1 N–H and O–H groups in total. The summed E-state index contributed by atoms with van der Waals surface area (Å²) in [7, 11) is 0. The number of hydrogen-bond acceptors (Lipinski definition) is 4. The molecule has 0 bridgehead atoms. The van der Waals surface area contributed by atoms with Crippen LogP contribution in [0.5, 0.6) is 0 Å². The molecule has 1 atom stereocenters. The molecule has 0 aliphatic heterocycles. The first-order valence-electron chi connectivity index (χ1n) is 6.47. The lowest BCUT2D eigenvalue weighted by Gasteiger charge is -2.17. The van der Waals surface area contributed by atoms with Gasteiger partial charge in [0, 0.05) is 37.1 Å². The van der Waals surface area contributed by atoms with Crippen molar-refractivity contribution in [2.24, 2.45) is 0 Å². The van der Waals surface area contributed by atoms with Gasteiger partial charge in [0.15, 0.2) is 11.2 Å². The molecule has 0 spiro atoms. The molecule has 0 saturated heterocycles. The van der Waals surface area contributed by atoms with Crippen molar-refractivity contribution in [1.29, 1.82) is 0 Å². The van der Waals surface area contributed by atoms with Crippen LogP contribution in [0.1, 0.15) is 29.7 Å². The Hall–Kier alpha value is -2.37. The highest BCUT2D eigenvalue weighted by Gasteiger charge is 2.15. The van der Waals surface area contributed by atoms with Crippen LogP contribution < -0.4 is 10.7 Å². The van der Waals surface area contributed by atoms with Gasteiger partial charge in [-0.05, 0) is 13.3 Å². The molecule has 0 aliphatic carbocycles. The molecule has 6 heteroatoms. The number of imidazole rings is 1. The molecule has 0 fully saturated rings. The van der Waals surface area contributed by atoms with Gasteiger partial charge in [-0.15, -0.1) is 0 Å².